The summed E-state index contributed by atoms with van der Waals surface area (Å²) < 4.78 is 24.3. The average molecular weight is 675 g/mol. The molecule has 2 heterocycles. The van der Waals surface area contributed by atoms with Gasteiger partial charge >= 0.3 is 11.9 Å². The Hall–Kier alpha value is -4.67. The van der Waals surface area contributed by atoms with Crippen LogP contribution in [-0.2, 0) is 20.9 Å². The van der Waals surface area contributed by atoms with Crippen molar-refractivity contribution >= 4 is 41.0 Å². The molecule has 5 rings (SSSR count). The first kappa shape index (κ1) is 33.7. The van der Waals surface area contributed by atoms with Crippen LogP contribution in [0.3, 0.4) is 0 Å². The standard InChI is InChI=1S/C36H35ClN2O7S/c1-6-43-28-18-24(17-27(37)32(28)46-20-23-11-15-26(16-12-23)34(41)44-7-2)19-29-33(40)39-31(25-13-9-21(4)10-14-25)30(35(42)45-8-3)22(5)38-36(39)47-29/h9-19,31H,6-8,20H2,1-5H3/b29-19-/t31-/m0/s1. The van der Waals surface area contributed by atoms with Crippen molar-refractivity contribution in [1.29, 1.82) is 0 Å². The minimum Gasteiger partial charge on any atom is -0.490 e. The van der Waals surface area contributed by atoms with E-state index in [4.69, 9.17) is 30.5 Å². The summed E-state index contributed by atoms with van der Waals surface area (Å²) in [7, 11) is 0. The van der Waals surface area contributed by atoms with Crippen LogP contribution >= 0.6 is 22.9 Å². The van der Waals surface area contributed by atoms with Gasteiger partial charge in [0.1, 0.15) is 6.61 Å². The number of hydrogen-bond acceptors (Lipinski definition) is 9. The van der Waals surface area contributed by atoms with E-state index in [9.17, 15) is 14.4 Å². The third-order valence-corrected chi connectivity index (χ3v) is 8.65. The second kappa shape index (κ2) is 14.8. The lowest BCUT2D eigenvalue weighted by molar-refractivity contribution is -0.139. The number of aryl methyl sites for hydroxylation is 1. The summed E-state index contributed by atoms with van der Waals surface area (Å²) in [4.78, 5) is 44.2. The third kappa shape index (κ3) is 7.34. The Morgan fingerprint density at radius 1 is 0.915 bits per heavy atom. The van der Waals surface area contributed by atoms with Gasteiger partial charge in [-0.1, -0.05) is 64.9 Å². The zero-order chi connectivity index (χ0) is 33.7. The van der Waals surface area contributed by atoms with E-state index in [1.807, 2.05) is 38.1 Å². The van der Waals surface area contributed by atoms with E-state index in [-0.39, 0.29) is 24.7 Å². The molecule has 0 aliphatic carbocycles. The number of aromatic nitrogens is 1. The largest absolute Gasteiger partial charge is 0.490 e. The van der Waals surface area contributed by atoms with E-state index in [2.05, 4.69) is 4.99 Å². The summed E-state index contributed by atoms with van der Waals surface area (Å²) in [5.74, 6) is -0.118. The van der Waals surface area contributed by atoms with Crippen molar-refractivity contribution in [3.8, 4) is 11.5 Å². The fourth-order valence-electron chi connectivity index (χ4n) is 5.19. The predicted octanol–water partition coefficient (Wildman–Crippen LogP) is 5.91. The Kier molecular flexibility index (Phi) is 10.6. The highest BCUT2D eigenvalue weighted by atomic mass is 35.5. The highest BCUT2D eigenvalue weighted by Gasteiger charge is 2.33. The number of esters is 2. The van der Waals surface area contributed by atoms with Gasteiger partial charge < -0.3 is 18.9 Å². The van der Waals surface area contributed by atoms with E-state index < -0.39 is 12.0 Å². The van der Waals surface area contributed by atoms with Gasteiger partial charge in [0, 0.05) is 0 Å². The molecule has 0 unspecified atom stereocenters. The Labute approximate surface area is 281 Å². The molecule has 47 heavy (non-hydrogen) atoms. The molecule has 1 aromatic heterocycles. The molecule has 0 spiro atoms. The molecule has 1 aliphatic heterocycles. The molecule has 1 atom stereocenters. The highest BCUT2D eigenvalue weighted by Crippen LogP contribution is 2.38. The summed E-state index contributed by atoms with van der Waals surface area (Å²) >= 11 is 7.95. The van der Waals surface area contributed by atoms with Crippen LogP contribution in [0.4, 0.5) is 0 Å². The zero-order valence-electron chi connectivity index (χ0n) is 26.8. The number of allylic oxidation sites excluding steroid dienone is 1. The van der Waals surface area contributed by atoms with E-state index in [0.717, 1.165) is 16.7 Å². The number of halogens is 1. The van der Waals surface area contributed by atoms with Gasteiger partial charge in [-0.25, -0.2) is 14.6 Å². The summed E-state index contributed by atoms with van der Waals surface area (Å²) in [6.45, 7) is 10.1. The van der Waals surface area contributed by atoms with E-state index in [1.165, 1.54) is 11.3 Å². The average Bonchev–Trinajstić information content (AvgIpc) is 3.34. The van der Waals surface area contributed by atoms with Gasteiger partial charge in [0.2, 0.25) is 0 Å². The van der Waals surface area contributed by atoms with Gasteiger partial charge in [-0.2, -0.15) is 0 Å². The molecule has 9 nitrogen and oxygen atoms in total. The van der Waals surface area contributed by atoms with Crippen LogP contribution < -0.4 is 24.4 Å². The SMILES string of the molecule is CCOC(=O)C1=C(C)N=c2s/c(=C\c3cc(Cl)c(OCc4ccc(C(=O)OCC)cc4)c(OCC)c3)c(=O)n2[C@H]1c1ccc(C)cc1. The second-order valence-electron chi connectivity index (χ2n) is 10.7. The summed E-state index contributed by atoms with van der Waals surface area (Å²) in [6, 6.07) is 17.4. The van der Waals surface area contributed by atoms with Crippen molar-refractivity contribution < 1.29 is 28.5 Å². The fourth-order valence-corrected chi connectivity index (χ4v) is 6.51. The molecule has 0 N–H and O–H groups in total. The maximum atomic E-state index is 14.0. The number of nitrogens with zero attached hydrogens (tertiary/aromatic N) is 2. The second-order valence-corrected chi connectivity index (χ2v) is 12.1. The maximum Gasteiger partial charge on any atom is 0.338 e. The molecule has 4 aromatic rings. The smallest absolute Gasteiger partial charge is 0.338 e. The minimum absolute atomic E-state index is 0.183. The summed E-state index contributed by atoms with van der Waals surface area (Å²) in [6.07, 6.45) is 1.73. The van der Waals surface area contributed by atoms with Gasteiger partial charge in [0.25, 0.3) is 5.56 Å². The van der Waals surface area contributed by atoms with Crippen LogP contribution in [0.2, 0.25) is 5.02 Å². The van der Waals surface area contributed by atoms with Crippen LogP contribution in [0.25, 0.3) is 6.08 Å². The first-order valence-corrected chi connectivity index (χ1v) is 16.5. The van der Waals surface area contributed by atoms with Crippen molar-refractivity contribution in [3.63, 3.8) is 0 Å². The highest BCUT2D eigenvalue weighted by molar-refractivity contribution is 7.07. The molecule has 1 aliphatic rings. The summed E-state index contributed by atoms with van der Waals surface area (Å²) in [5.41, 5.74) is 4.27. The van der Waals surface area contributed by atoms with E-state index in [0.29, 0.717) is 61.5 Å². The quantitative estimate of drug-likeness (QED) is 0.182. The molecule has 11 heteroatoms. The Bertz CT molecular complexity index is 2010. The predicted molar refractivity (Wildman–Crippen MR) is 181 cm³/mol. The van der Waals surface area contributed by atoms with Crippen LogP contribution in [0.15, 0.2) is 81.7 Å². The molecule has 244 valence electrons. The molecule has 0 radical (unpaired) electrons. The lowest BCUT2D eigenvalue weighted by atomic mass is 9.95. The molecule has 0 bridgehead atoms. The molecule has 0 saturated carbocycles. The zero-order valence-corrected chi connectivity index (χ0v) is 28.4. The van der Waals surface area contributed by atoms with E-state index >= 15 is 0 Å². The Balaban J connectivity index is 1.50. The van der Waals surface area contributed by atoms with Crippen molar-refractivity contribution in [1.82, 2.24) is 4.57 Å². The van der Waals surface area contributed by atoms with Gasteiger partial charge in [-0.05, 0) is 81.7 Å². The molecule has 0 fully saturated rings. The lowest BCUT2D eigenvalue weighted by Crippen LogP contribution is -2.39. The van der Waals surface area contributed by atoms with Gasteiger partial charge in [-0.3, -0.25) is 9.36 Å². The van der Waals surface area contributed by atoms with Crippen molar-refractivity contribution in [2.45, 2.75) is 47.3 Å². The normalized spacial score (nSPS) is 14.3. The third-order valence-electron chi connectivity index (χ3n) is 7.39. The molecule has 0 saturated heterocycles. The van der Waals surface area contributed by atoms with Gasteiger partial charge in [0.15, 0.2) is 16.3 Å². The maximum absolute atomic E-state index is 14.0. The minimum atomic E-state index is -0.697. The Morgan fingerprint density at radius 2 is 1.60 bits per heavy atom. The Morgan fingerprint density at radius 3 is 2.26 bits per heavy atom. The van der Waals surface area contributed by atoms with Crippen LogP contribution in [0.1, 0.15) is 66.3 Å². The van der Waals surface area contributed by atoms with Gasteiger partial charge in [-0.15, -0.1) is 0 Å². The van der Waals surface area contributed by atoms with Crippen LogP contribution in [0.5, 0.6) is 11.5 Å². The number of hydrogen-bond donors (Lipinski definition) is 0. The van der Waals surface area contributed by atoms with Crippen LogP contribution in [-0.4, -0.2) is 36.3 Å². The van der Waals surface area contributed by atoms with Gasteiger partial charge in [0.05, 0.1) is 52.3 Å². The number of thiazole rings is 1. The molecule has 3 aromatic carbocycles. The lowest BCUT2D eigenvalue weighted by Gasteiger charge is -2.24. The van der Waals surface area contributed by atoms with Crippen molar-refractivity contribution in [3.05, 3.63) is 124 Å². The van der Waals surface area contributed by atoms with Crippen molar-refractivity contribution in [2.24, 2.45) is 4.99 Å². The van der Waals surface area contributed by atoms with Crippen LogP contribution in [0, 0.1) is 6.92 Å². The molecular formula is C36H35ClN2O7S. The fraction of sp³-hybridized carbons (Fsp3) is 0.278. The monoisotopic (exact) mass is 674 g/mol. The number of benzene rings is 3. The number of carbonyl (C=O) groups excluding carboxylic acids is 2. The summed E-state index contributed by atoms with van der Waals surface area (Å²) in [5, 5.41) is 0.302. The first-order valence-electron chi connectivity index (χ1n) is 15.3. The molecule has 0 amide bonds. The van der Waals surface area contributed by atoms with E-state index in [1.54, 1.807) is 67.8 Å². The number of carbonyl (C=O) groups is 2. The van der Waals surface area contributed by atoms with Crippen molar-refractivity contribution in [2.75, 3.05) is 19.8 Å². The number of rotatable bonds is 11. The first-order chi connectivity index (χ1) is 22.6. The number of fused-ring (bicyclic) bond motifs is 1. The number of ether oxygens (including phenoxy) is 4. The topological polar surface area (TPSA) is 105 Å². The molecular weight excluding hydrogens is 640 g/mol.